The number of carbonyl (C=O) groups excluding carboxylic acids is 1. The number of carbonyl (C=O) groups is 1. The molecule has 1 aliphatic heterocycles. The van der Waals surface area contributed by atoms with E-state index in [0.717, 1.165) is 35.6 Å². The minimum absolute atomic E-state index is 0.0742. The molecule has 0 spiro atoms. The van der Waals surface area contributed by atoms with Gasteiger partial charge in [0, 0.05) is 44.0 Å². The molecule has 0 aliphatic carbocycles. The molecule has 0 saturated carbocycles. The minimum Gasteiger partial charge on any atom is -0.495 e. The lowest BCUT2D eigenvalue weighted by Gasteiger charge is -2.36. The summed E-state index contributed by atoms with van der Waals surface area (Å²) in [6.07, 6.45) is 0.703. The fraction of sp³-hybridized carbons (Fsp3) is 0.267. The standard InChI is InChI=1S/C30H29ClN6O3/c1-40-26-13-7-6-12-25(26)34-16-18-35(19-17-34)28(38)15-14-27-32-33-30-36(20-21-8-2-4-10-23(21)31)29(39)22-9-3-5-11-24(22)37(27)30/h2-13H,14-20H2,1H3. The van der Waals surface area contributed by atoms with E-state index in [9.17, 15) is 9.59 Å². The number of halogens is 1. The van der Waals surface area contributed by atoms with Gasteiger partial charge >= 0.3 is 0 Å². The minimum atomic E-state index is -0.161. The van der Waals surface area contributed by atoms with Crippen molar-refractivity contribution in [1.82, 2.24) is 24.1 Å². The first-order valence-corrected chi connectivity index (χ1v) is 13.7. The van der Waals surface area contributed by atoms with E-state index in [-0.39, 0.29) is 18.0 Å². The average Bonchev–Trinajstić information content (AvgIpc) is 3.43. The SMILES string of the molecule is COc1ccccc1N1CCN(C(=O)CCc2nnc3n(Cc4ccccc4Cl)c(=O)c4ccccc4n23)CC1. The smallest absolute Gasteiger partial charge is 0.263 e. The Hall–Kier alpha value is -4.37. The number of aryl methyl sites for hydroxylation is 1. The Morgan fingerprint density at radius 2 is 1.65 bits per heavy atom. The molecule has 40 heavy (non-hydrogen) atoms. The van der Waals surface area contributed by atoms with Crippen LogP contribution in [0.4, 0.5) is 5.69 Å². The maximum Gasteiger partial charge on any atom is 0.263 e. The first-order valence-electron chi connectivity index (χ1n) is 13.3. The Kier molecular flexibility index (Phi) is 7.13. The number of benzene rings is 3. The second-order valence-electron chi connectivity index (χ2n) is 9.79. The Balaban J connectivity index is 1.22. The van der Waals surface area contributed by atoms with Crippen molar-refractivity contribution in [1.29, 1.82) is 0 Å². The number of amides is 1. The summed E-state index contributed by atoms with van der Waals surface area (Å²) >= 11 is 6.41. The third kappa shape index (κ3) is 4.77. The van der Waals surface area contributed by atoms with Gasteiger partial charge in [-0.15, -0.1) is 10.2 Å². The highest BCUT2D eigenvalue weighted by Gasteiger charge is 2.24. The molecule has 1 saturated heterocycles. The van der Waals surface area contributed by atoms with E-state index >= 15 is 0 Å². The zero-order valence-corrected chi connectivity index (χ0v) is 22.9. The van der Waals surface area contributed by atoms with E-state index < -0.39 is 0 Å². The van der Waals surface area contributed by atoms with Crippen molar-refractivity contribution in [2.24, 2.45) is 0 Å². The van der Waals surface area contributed by atoms with Crippen molar-refractivity contribution >= 4 is 39.9 Å². The number of methoxy groups -OCH3 is 1. The maximum absolute atomic E-state index is 13.5. The van der Waals surface area contributed by atoms with Gasteiger partial charge in [-0.2, -0.15) is 0 Å². The number of hydrogen-bond donors (Lipinski definition) is 0. The monoisotopic (exact) mass is 556 g/mol. The Morgan fingerprint density at radius 3 is 2.45 bits per heavy atom. The third-order valence-corrected chi connectivity index (χ3v) is 7.85. The summed E-state index contributed by atoms with van der Waals surface area (Å²) in [5.41, 5.74) is 2.42. The molecule has 0 bridgehead atoms. The number of hydrogen-bond acceptors (Lipinski definition) is 6. The van der Waals surface area contributed by atoms with Gasteiger partial charge < -0.3 is 14.5 Å². The lowest BCUT2D eigenvalue weighted by atomic mass is 10.2. The van der Waals surface area contributed by atoms with E-state index in [1.165, 1.54) is 0 Å². The van der Waals surface area contributed by atoms with Crippen LogP contribution < -0.4 is 15.2 Å². The number of piperazine rings is 1. The molecule has 6 rings (SSSR count). The van der Waals surface area contributed by atoms with E-state index in [1.807, 2.05) is 70.0 Å². The van der Waals surface area contributed by atoms with Crippen LogP contribution in [0.15, 0.2) is 77.6 Å². The van der Waals surface area contributed by atoms with Crippen LogP contribution in [-0.4, -0.2) is 63.3 Å². The summed E-state index contributed by atoms with van der Waals surface area (Å²) < 4.78 is 8.99. The van der Waals surface area contributed by atoms with Gasteiger partial charge in [0.2, 0.25) is 11.7 Å². The highest BCUT2D eigenvalue weighted by molar-refractivity contribution is 6.31. The summed E-state index contributed by atoms with van der Waals surface area (Å²) in [6, 6.07) is 22.8. The summed E-state index contributed by atoms with van der Waals surface area (Å²) in [7, 11) is 1.67. The predicted octanol–water partition coefficient (Wildman–Crippen LogP) is 4.04. The molecule has 0 unspecified atom stereocenters. The summed E-state index contributed by atoms with van der Waals surface area (Å²) in [6.45, 7) is 3.01. The highest BCUT2D eigenvalue weighted by atomic mass is 35.5. The molecule has 0 atom stereocenters. The predicted molar refractivity (Wildman–Crippen MR) is 155 cm³/mol. The lowest BCUT2D eigenvalue weighted by Crippen LogP contribution is -2.49. The molecule has 5 aromatic rings. The molecule has 3 aromatic carbocycles. The van der Waals surface area contributed by atoms with Crippen LogP contribution in [0.5, 0.6) is 5.75 Å². The van der Waals surface area contributed by atoms with Crippen LogP contribution >= 0.6 is 11.6 Å². The second-order valence-corrected chi connectivity index (χ2v) is 10.2. The fourth-order valence-electron chi connectivity index (χ4n) is 5.38. The van der Waals surface area contributed by atoms with Gasteiger partial charge in [-0.3, -0.25) is 18.6 Å². The molecule has 1 fully saturated rings. The van der Waals surface area contributed by atoms with Crippen molar-refractivity contribution in [3.05, 3.63) is 99.6 Å². The average molecular weight is 557 g/mol. The van der Waals surface area contributed by atoms with E-state index in [4.69, 9.17) is 16.3 Å². The number of fused-ring (bicyclic) bond motifs is 3. The molecular weight excluding hydrogens is 528 g/mol. The maximum atomic E-state index is 13.5. The molecule has 2 aromatic heterocycles. The molecule has 1 amide bonds. The van der Waals surface area contributed by atoms with Gasteiger partial charge in [-0.05, 0) is 35.9 Å². The topological polar surface area (TPSA) is 85.0 Å². The van der Waals surface area contributed by atoms with Crippen LogP contribution in [0.25, 0.3) is 16.7 Å². The van der Waals surface area contributed by atoms with E-state index in [1.54, 1.807) is 23.8 Å². The molecule has 204 valence electrons. The quantitative estimate of drug-likeness (QED) is 0.301. The molecular formula is C30H29ClN6O3. The van der Waals surface area contributed by atoms with Gasteiger partial charge in [0.15, 0.2) is 0 Å². The Morgan fingerprint density at radius 1 is 0.925 bits per heavy atom. The van der Waals surface area contributed by atoms with Gasteiger partial charge in [0.05, 0.1) is 30.2 Å². The number of nitrogens with zero attached hydrogens (tertiary/aromatic N) is 6. The number of para-hydroxylation sites is 3. The van der Waals surface area contributed by atoms with Crippen molar-refractivity contribution in [2.75, 3.05) is 38.2 Å². The van der Waals surface area contributed by atoms with Crippen LogP contribution in [0.1, 0.15) is 17.8 Å². The van der Waals surface area contributed by atoms with Crippen molar-refractivity contribution < 1.29 is 9.53 Å². The summed E-state index contributed by atoms with van der Waals surface area (Å²) in [5.74, 6) is 1.97. The number of ether oxygens (including phenoxy) is 1. The number of anilines is 1. The van der Waals surface area contributed by atoms with Crippen LogP contribution in [0.3, 0.4) is 0 Å². The van der Waals surface area contributed by atoms with E-state index in [2.05, 4.69) is 15.1 Å². The van der Waals surface area contributed by atoms with Crippen molar-refractivity contribution in [3.8, 4) is 5.75 Å². The lowest BCUT2D eigenvalue weighted by molar-refractivity contribution is -0.131. The normalized spacial score (nSPS) is 13.8. The molecule has 3 heterocycles. The molecule has 1 aliphatic rings. The summed E-state index contributed by atoms with van der Waals surface area (Å²) in [4.78, 5) is 30.8. The van der Waals surface area contributed by atoms with Crippen LogP contribution in [-0.2, 0) is 17.8 Å². The van der Waals surface area contributed by atoms with Crippen LogP contribution in [0.2, 0.25) is 5.02 Å². The van der Waals surface area contributed by atoms with Gasteiger partial charge in [-0.1, -0.05) is 54.1 Å². The molecule has 0 N–H and O–H groups in total. The van der Waals surface area contributed by atoms with Gasteiger partial charge in [0.1, 0.15) is 11.6 Å². The first-order chi connectivity index (χ1) is 19.5. The largest absolute Gasteiger partial charge is 0.495 e. The Bertz CT molecular complexity index is 1760. The first kappa shape index (κ1) is 25.9. The number of aromatic nitrogens is 4. The summed E-state index contributed by atoms with van der Waals surface area (Å²) in [5, 5.41) is 9.96. The molecule has 9 nitrogen and oxygen atoms in total. The molecule has 10 heteroatoms. The zero-order chi connectivity index (χ0) is 27.6. The van der Waals surface area contributed by atoms with Gasteiger partial charge in [0.25, 0.3) is 5.56 Å². The van der Waals surface area contributed by atoms with Crippen molar-refractivity contribution in [3.63, 3.8) is 0 Å². The van der Waals surface area contributed by atoms with Crippen molar-refractivity contribution in [2.45, 2.75) is 19.4 Å². The molecule has 0 radical (unpaired) electrons. The number of rotatable bonds is 7. The van der Waals surface area contributed by atoms with Crippen LogP contribution in [0, 0.1) is 0 Å². The third-order valence-electron chi connectivity index (χ3n) is 7.48. The van der Waals surface area contributed by atoms with Gasteiger partial charge in [-0.25, -0.2) is 0 Å². The Labute approximate surface area is 236 Å². The fourth-order valence-corrected chi connectivity index (χ4v) is 5.58. The zero-order valence-electron chi connectivity index (χ0n) is 22.2. The highest BCUT2D eigenvalue weighted by Crippen LogP contribution is 2.28. The van der Waals surface area contributed by atoms with E-state index in [0.29, 0.717) is 47.9 Å². The second kappa shape index (κ2) is 11.0.